The lowest BCUT2D eigenvalue weighted by Crippen LogP contribution is -2.34. The number of carbonyl (C=O) groups is 1. The van der Waals surface area contributed by atoms with Crippen molar-refractivity contribution in [3.8, 4) is 0 Å². The number of nitrogens with two attached hydrogens (primary N) is 1. The molecule has 0 aromatic carbocycles. The zero-order valence-electron chi connectivity index (χ0n) is 10.4. The van der Waals surface area contributed by atoms with Crippen molar-refractivity contribution >= 4 is 27.3 Å². The Hall–Kier alpha value is -1.83. The van der Waals surface area contributed by atoms with Crippen LogP contribution >= 0.6 is 0 Å². The predicted octanol–water partition coefficient (Wildman–Crippen LogP) is -0.0147. The molecule has 8 heteroatoms. The Labute approximate surface area is 111 Å². The summed E-state index contributed by atoms with van der Waals surface area (Å²) in [5.74, 6) is -0.641. The normalized spacial score (nSPS) is 21.2. The van der Waals surface area contributed by atoms with Crippen molar-refractivity contribution in [1.82, 2.24) is 4.98 Å². The Kier molecular flexibility index (Phi) is 3.36. The Balaban J connectivity index is 2.32. The van der Waals surface area contributed by atoms with E-state index in [0.29, 0.717) is 12.2 Å². The Morgan fingerprint density at radius 1 is 1.58 bits per heavy atom. The first-order valence-corrected chi connectivity index (χ1v) is 7.55. The molecule has 0 spiro atoms. The van der Waals surface area contributed by atoms with Crippen molar-refractivity contribution in [1.29, 1.82) is 0 Å². The third-order valence-corrected chi connectivity index (χ3v) is 5.04. The zero-order chi connectivity index (χ0) is 14.2. The molecule has 7 nitrogen and oxygen atoms in total. The Morgan fingerprint density at radius 2 is 2.26 bits per heavy atom. The van der Waals surface area contributed by atoms with E-state index < -0.39 is 15.8 Å². The molecule has 1 aromatic heterocycles. The monoisotopic (exact) mass is 285 g/mol. The lowest BCUT2D eigenvalue weighted by molar-refractivity contribution is 0.0698. The van der Waals surface area contributed by atoms with E-state index in [1.54, 1.807) is 11.9 Å². The van der Waals surface area contributed by atoms with Gasteiger partial charge in [-0.1, -0.05) is 0 Å². The molecule has 0 amide bonds. The van der Waals surface area contributed by atoms with Crippen molar-refractivity contribution < 1.29 is 18.3 Å². The number of anilines is 2. The van der Waals surface area contributed by atoms with Gasteiger partial charge in [-0.15, -0.1) is 0 Å². The van der Waals surface area contributed by atoms with Crippen molar-refractivity contribution in [2.24, 2.45) is 0 Å². The fourth-order valence-corrected chi connectivity index (χ4v) is 3.96. The van der Waals surface area contributed by atoms with E-state index in [-0.39, 0.29) is 28.8 Å². The summed E-state index contributed by atoms with van der Waals surface area (Å²) in [5.41, 5.74) is 5.81. The largest absolute Gasteiger partial charge is 0.478 e. The molecular formula is C11H15N3O4S. The van der Waals surface area contributed by atoms with Gasteiger partial charge in [0.25, 0.3) is 0 Å². The second-order valence-corrected chi connectivity index (χ2v) is 6.80. The second-order valence-electron chi connectivity index (χ2n) is 4.57. The molecule has 1 aliphatic rings. The van der Waals surface area contributed by atoms with E-state index in [1.807, 2.05) is 0 Å². The first kappa shape index (κ1) is 13.6. The Morgan fingerprint density at radius 3 is 2.79 bits per heavy atom. The number of aromatic carboxylic acids is 1. The van der Waals surface area contributed by atoms with Crippen LogP contribution in [-0.4, -0.2) is 49.1 Å². The zero-order valence-corrected chi connectivity index (χ0v) is 11.2. The van der Waals surface area contributed by atoms with E-state index in [4.69, 9.17) is 10.8 Å². The third kappa shape index (κ3) is 2.62. The minimum Gasteiger partial charge on any atom is -0.478 e. The number of carboxylic acid groups (broad SMARTS) is 1. The van der Waals surface area contributed by atoms with E-state index in [0.717, 1.165) is 0 Å². The smallest absolute Gasteiger partial charge is 0.337 e. The lowest BCUT2D eigenvalue weighted by atomic mass is 10.2. The highest BCUT2D eigenvalue weighted by Crippen LogP contribution is 2.27. The first-order chi connectivity index (χ1) is 8.82. The van der Waals surface area contributed by atoms with Gasteiger partial charge < -0.3 is 15.7 Å². The van der Waals surface area contributed by atoms with Crippen molar-refractivity contribution in [2.75, 3.05) is 29.2 Å². The maximum absolute atomic E-state index is 11.5. The Bertz CT molecular complexity index is 614. The molecule has 104 valence electrons. The minimum absolute atomic E-state index is 0.0299. The number of hydrogen-bond donors (Lipinski definition) is 2. The lowest BCUT2D eigenvalue weighted by Gasteiger charge is -2.26. The van der Waals surface area contributed by atoms with Crippen molar-refractivity contribution in [2.45, 2.75) is 12.5 Å². The number of nitrogens with zero attached hydrogens (tertiary/aromatic N) is 2. The highest BCUT2D eigenvalue weighted by Gasteiger charge is 2.32. The number of carboxylic acids is 1. The summed E-state index contributed by atoms with van der Waals surface area (Å²) in [6, 6.07) is 1.10. The van der Waals surface area contributed by atoms with E-state index in [9.17, 15) is 13.2 Å². The SMILES string of the molecule is CN(c1nccc(C(=O)O)c1N)C1CCS(=O)(=O)C1. The fourth-order valence-electron chi connectivity index (χ4n) is 2.18. The van der Waals surface area contributed by atoms with Gasteiger partial charge >= 0.3 is 5.97 Å². The quantitative estimate of drug-likeness (QED) is 0.802. The summed E-state index contributed by atoms with van der Waals surface area (Å²) in [6.07, 6.45) is 1.85. The van der Waals surface area contributed by atoms with Crippen molar-refractivity contribution in [3.63, 3.8) is 0 Å². The van der Waals surface area contributed by atoms with E-state index >= 15 is 0 Å². The van der Waals surface area contributed by atoms with Crippen LogP contribution in [0.4, 0.5) is 11.5 Å². The number of aromatic nitrogens is 1. The highest BCUT2D eigenvalue weighted by atomic mass is 32.2. The second kappa shape index (κ2) is 4.69. The molecule has 0 bridgehead atoms. The molecule has 2 rings (SSSR count). The maximum atomic E-state index is 11.5. The number of hydrogen-bond acceptors (Lipinski definition) is 6. The van der Waals surface area contributed by atoms with Gasteiger partial charge in [0.15, 0.2) is 15.7 Å². The number of nitrogen functional groups attached to an aromatic ring is 1. The molecule has 1 aromatic rings. The summed E-state index contributed by atoms with van der Waals surface area (Å²) >= 11 is 0. The average molecular weight is 285 g/mol. The van der Waals surface area contributed by atoms with Crippen LogP contribution < -0.4 is 10.6 Å². The summed E-state index contributed by atoms with van der Waals surface area (Å²) in [7, 11) is -1.34. The van der Waals surface area contributed by atoms with Gasteiger partial charge in [0.1, 0.15) is 0 Å². The molecule has 0 saturated carbocycles. The molecule has 1 aliphatic heterocycles. The van der Waals surface area contributed by atoms with Gasteiger partial charge in [0.05, 0.1) is 22.8 Å². The molecule has 2 heterocycles. The summed E-state index contributed by atoms with van der Waals surface area (Å²) < 4.78 is 22.9. The molecule has 1 unspecified atom stereocenters. The van der Waals surface area contributed by atoms with Crippen LogP contribution in [0.1, 0.15) is 16.8 Å². The summed E-state index contributed by atoms with van der Waals surface area (Å²) in [4.78, 5) is 16.7. The fraction of sp³-hybridized carbons (Fsp3) is 0.455. The number of sulfone groups is 1. The van der Waals surface area contributed by atoms with Crippen LogP contribution in [0.3, 0.4) is 0 Å². The number of rotatable bonds is 3. The van der Waals surface area contributed by atoms with Crippen LogP contribution in [0.5, 0.6) is 0 Å². The van der Waals surface area contributed by atoms with Gasteiger partial charge in [-0.2, -0.15) is 0 Å². The molecule has 19 heavy (non-hydrogen) atoms. The van der Waals surface area contributed by atoms with Crippen LogP contribution in [0.2, 0.25) is 0 Å². The molecule has 1 saturated heterocycles. The van der Waals surface area contributed by atoms with Crippen LogP contribution in [-0.2, 0) is 9.84 Å². The van der Waals surface area contributed by atoms with Gasteiger partial charge in [-0.25, -0.2) is 18.2 Å². The van der Waals surface area contributed by atoms with Crippen LogP contribution in [0, 0.1) is 0 Å². The molecular weight excluding hydrogens is 270 g/mol. The molecule has 0 aliphatic carbocycles. The van der Waals surface area contributed by atoms with Gasteiger partial charge in [0.2, 0.25) is 0 Å². The first-order valence-electron chi connectivity index (χ1n) is 5.73. The third-order valence-electron chi connectivity index (χ3n) is 3.29. The maximum Gasteiger partial charge on any atom is 0.337 e. The van der Waals surface area contributed by atoms with E-state index in [1.165, 1.54) is 12.3 Å². The predicted molar refractivity (Wildman–Crippen MR) is 71.1 cm³/mol. The van der Waals surface area contributed by atoms with Crippen LogP contribution in [0.15, 0.2) is 12.3 Å². The van der Waals surface area contributed by atoms with Gasteiger partial charge in [0, 0.05) is 19.3 Å². The number of pyridine rings is 1. The van der Waals surface area contributed by atoms with E-state index in [2.05, 4.69) is 4.98 Å². The minimum atomic E-state index is -3.01. The molecule has 0 radical (unpaired) electrons. The summed E-state index contributed by atoms with van der Waals surface area (Å²) in [5, 5.41) is 9.00. The topological polar surface area (TPSA) is 114 Å². The summed E-state index contributed by atoms with van der Waals surface area (Å²) in [6.45, 7) is 0. The molecule has 1 fully saturated rings. The van der Waals surface area contributed by atoms with Crippen molar-refractivity contribution in [3.05, 3.63) is 17.8 Å². The van der Waals surface area contributed by atoms with Crippen LogP contribution in [0.25, 0.3) is 0 Å². The molecule has 3 N–H and O–H groups in total. The standard InChI is InChI=1S/C11H15N3O4S/c1-14(7-3-5-19(17,18)6-7)10-9(12)8(11(15)16)2-4-13-10/h2,4,7H,3,5-6,12H2,1H3,(H,15,16). The highest BCUT2D eigenvalue weighted by molar-refractivity contribution is 7.91. The average Bonchev–Trinajstić information content (AvgIpc) is 2.69. The molecule has 1 atom stereocenters. The van der Waals surface area contributed by atoms with Gasteiger partial charge in [-0.05, 0) is 12.5 Å². The van der Waals surface area contributed by atoms with Gasteiger partial charge in [-0.3, -0.25) is 0 Å².